The zero-order valence-corrected chi connectivity index (χ0v) is 22.9. The number of piperazine rings is 1. The predicted molar refractivity (Wildman–Crippen MR) is 149 cm³/mol. The summed E-state index contributed by atoms with van der Waals surface area (Å²) in [6.45, 7) is 3.32. The first kappa shape index (κ1) is 27.5. The Balaban J connectivity index is 1.30. The summed E-state index contributed by atoms with van der Waals surface area (Å²) in [4.78, 5) is 31.8. The van der Waals surface area contributed by atoms with E-state index in [4.69, 9.17) is 16.6 Å². The Labute approximate surface area is 234 Å². The average molecular weight is 573 g/mol. The van der Waals surface area contributed by atoms with Crippen molar-refractivity contribution in [2.75, 3.05) is 55.4 Å². The fourth-order valence-electron chi connectivity index (χ4n) is 4.66. The molecule has 1 aliphatic heterocycles. The quantitative estimate of drug-likeness (QED) is 0.359. The molecule has 1 aromatic carbocycles. The van der Waals surface area contributed by atoms with Crippen LogP contribution in [0.25, 0.3) is 16.9 Å². The molecule has 0 saturated carbocycles. The molecule has 1 saturated heterocycles. The molecule has 1 N–H and O–H groups in total. The van der Waals surface area contributed by atoms with Crippen molar-refractivity contribution in [1.29, 1.82) is 0 Å². The number of hydrogen-bond donors (Lipinski definition) is 1. The molecule has 3 aromatic heterocycles. The minimum Gasteiger partial charge on any atom is -0.378 e. The number of anilines is 3. The molecule has 5 rings (SSSR count). The van der Waals surface area contributed by atoms with Crippen molar-refractivity contribution in [3.8, 4) is 11.3 Å². The van der Waals surface area contributed by atoms with Gasteiger partial charge in [0.15, 0.2) is 5.65 Å². The highest BCUT2D eigenvalue weighted by atomic mass is 35.5. The van der Waals surface area contributed by atoms with E-state index in [1.807, 2.05) is 47.7 Å². The van der Waals surface area contributed by atoms with E-state index in [-0.39, 0.29) is 16.7 Å². The maximum Gasteiger partial charge on any atom is 0.417 e. The van der Waals surface area contributed by atoms with Crippen LogP contribution in [0.3, 0.4) is 0 Å². The number of hydrogen-bond acceptors (Lipinski definition) is 7. The van der Waals surface area contributed by atoms with E-state index in [0.29, 0.717) is 43.3 Å². The maximum atomic E-state index is 13.4. The lowest BCUT2D eigenvalue weighted by molar-refractivity contribution is -0.137. The molecule has 210 valence electrons. The van der Waals surface area contributed by atoms with Gasteiger partial charge in [0.2, 0.25) is 5.91 Å². The molecule has 0 radical (unpaired) electrons. The van der Waals surface area contributed by atoms with Crippen molar-refractivity contribution in [3.63, 3.8) is 0 Å². The highest BCUT2D eigenvalue weighted by Crippen LogP contribution is 2.34. The third kappa shape index (κ3) is 5.48. The molecule has 4 heterocycles. The number of nitrogens with one attached hydrogen (secondary N) is 1. The molecule has 13 heteroatoms. The fourth-order valence-corrected chi connectivity index (χ4v) is 4.95. The Morgan fingerprint density at radius 3 is 2.42 bits per heavy atom. The molecule has 1 aliphatic rings. The zero-order chi connectivity index (χ0) is 28.6. The van der Waals surface area contributed by atoms with Gasteiger partial charge in [0.1, 0.15) is 23.4 Å². The Hall–Kier alpha value is -4.06. The van der Waals surface area contributed by atoms with Gasteiger partial charge in [-0.05, 0) is 25.1 Å². The Bertz CT molecular complexity index is 1510. The first-order valence-electron chi connectivity index (χ1n) is 12.7. The largest absolute Gasteiger partial charge is 0.417 e. The van der Waals surface area contributed by atoms with Gasteiger partial charge in [0, 0.05) is 70.1 Å². The summed E-state index contributed by atoms with van der Waals surface area (Å²) in [7, 11) is 3.95. The Morgan fingerprint density at radius 1 is 1.10 bits per heavy atom. The minimum absolute atomic E-state index is 0.0714. The lowest BCUT2D eigenvalue weighted by Gasteiger charge is -2.37. The SMILES string of the molecule is CC(Nc1c(-c2ccc(N(C)C)cc2)nc2cnccn12)C(=O)N1CCN(c2ncc(C(F)(F)F)cc2Cl)CC1. The number of carbonyl (C=O) groups excluding carboxylic acids is 1. The second-order valence-electron chi connectivity index (χ2n) is 9.76. The summed E-state index contributed by atoms with van der Waals surface area (Å²) in [5.41, 5.74) is 2.40. The van der Waals surface area contributed by atoms with Crippen LogP contribution in [0.5, 0.6) is 0 Å². The summed E-state index contributed by atoms with van der Waals surface area (Å²) in [6, 6.07) is 8.29. The predicted octanol–water partition coefficient (Wildman–Crippen LogP) is 4.68. The monoisotopic (exact) mass is 572 g/mol. The van der Waals surface area contributed by atoms with E-state index < -0.39 is 17.8 Å². The van der Waals surface area contributed by atoms with Crippen LogP contribution in [0.15, 0.2) is 55.1 Å². The molecule has 0 aliphatic carbocycles. The van der Waals surface area contributed by atoms with Gasteiger partial charge in [-0.15, -0.1) is 0 Å². The standard InChI is InChI=1S/C27H28ClF3N8O/c1-17(26(40)38-12-10-37(11-13-38)24-21(28)14-19(15-33-24)27(29,30)31)34-25-23(35-22-16-32-8-9-39(22)25)18-4-6-20(7-5-18)36(2)3/h4-9,14-17,34H,10-13H2,1-3H3. The Kier molecular flexibility index (Phi) is 7.45. The van der Waals surface area contributed by atoms with Crippen molar-refractivity contribution in [2.45, 2.75) is 19.1 Å². The molecule has 0 spiro atoms. The van der Waals surface area contributed by atoms with Crippen LogP contribution >= 0.6 is 11.6 Å². The van der Waals surface area contributed by atoms with Gasteiger partial charge in [-0.25, -0.2) is 9.97 Å². The third-order valence-electron chi connectivity index (χ3n) is 6.85. The fraction of sp³-hybridized carbons (Fsp3) is 0.333. The molecule has 1 fully saturated rings. The molecule has 1 amide bonds. The summed E-state index contributed by atoms with van der Waals surface area (Å²) in [5.74, 6) is 0.844. The van der Waals surface area contributed by atoms with Crippen molar-refractivity contribution >= 4 is 40.5 Å². The van der Waals surface area contributed by atoms with Crippen LogP contribution in [0.4, 0.5) is 30.5 Å². The van der Waals surface area contributed by atoms with Gasteiger partial charge in [0.05, 0.1) is 16.8 Å². The number of amides is 1. The smallest absolute Gasteiger partial charge is 0.378 e. The molecule has 1 unspecified atom stereocenters. The summed E-state index contributed by atoms with van der Waals surface area (Å²) >= 11 is 6.12. The van der Waals surface area contributed by atoms with Crippen LogP contribution in [0.1, 0.15) is 12.5 Å². The van der Waals surface area contributed by atoms with Crippen LogP contribution in [-0.4, -0.2) is 76.5 Å². The van der Waals surface area contributed by atoms with E-state index in [0.717, 1.165) is 23.5 Å². The van der Waals surface area contributed by atoms with Crippen molar-refractivity contribution in [1.82, 2.24) is 24.3 Å². The second-order valence-corrected chi connectivity index (χ2v) is 10.2. The molecule has 0 bridgehead atoms. The second kappa shape index (κ2) is 10.8. The molecule has 4 aromatic rings. The minimum atomic E-state index is -4.52. The number of alkyl halides is 3. The van der Waals surface area contributed by atoms with Crippen molar-refractivity contribution in [3.05, 3.63) is 65.7 Å². The lowest BCUT2D eigenvalue weighted by Crippen LogP contribution is -2.52. The van der Waals surface area contributed by atoms with Crippen molar-refractivity contribution in [2.24, 2.45) is 0 Å². The highest BCUT2D eigenvalue weighted by molar-refractivity contribution is 6.33. The van der Waals surface area contributed by atoms with E-state index in [1.54, 1.807) is 35.3 Å². The van der Waals surface area contributed by atoms with Crippen LogP contribution < -0.4 is 15.1 Å². The van der Waals surface area contributed by atoms with Gasteiger partial charge >= 0.3 is 6.18 Å². The number of nitrogens with zero attached hydrogens (tertiary/aromatic N) is 7. The van der Waals surface area contributed by atoms with Gasteiger partial charge in [0.25, 0.3) is 0 Å². The third-order valence-corrected chi connectivity index (χ3v) is 7.13. The van der Waals surface area contributed by atoms with Gasteiger partial charge in [-0.1, -0.05) is 23.7 Å². The van der Waals surface area contributed by atoms with Gasteiger partial charge in [-0.2, -0.15) is 13.2 Å². The van der Waals surface area contributed by atoms with E-state index >= 15 is 0 Å². The number of carbonyl (C=O) groups is 1. The number of aromatic nitrogens is 4. The number of fused-ring (bicyclic) bond motifs is 1. The van der Waals surface area contributed by atoms with Crippen molar-refractivity contribution < 1.29 is 18.0 Å². The van der Waals surface area contributed by atoms with E-state index in [1.165, 1.54) is 0 Å². The first-order chi connectivity index (χ1) is 19.0. The number of imidazole rings is 1. The first-order valence-corrected chi connectivity index (χ1v) is 13.0. The zero-order valence-electron chi connectivity index (χ0n) is 22.2. The van der Waals surface area contributed by atoms with Gasteiger partial charge in [-0.3, -0.25) is 14.2 Å². The summed E-state index contributed by atoms with van der Waals surface area (Å²) in [6.07, 6.45) is 1.37. The average Bonchev–Trinajstić information content (AvgIpc) is 3.30. The van der Waals surface area contributed by atoms with E-state index in [9.17, 15) is 18.0 Å². The lowest BCUT2D eigenvalue weighted by atomic mass is 10.1. The summed E-state index contributed by atoms with van der Waals surface area (Å²) in [5, 5.41) is 3.28. The molecule has 40 heavy (non-hydrogen) atoms. The highest BCUT2D eigenvalue weighted by Gasteiger charge is 2.33. The van der Waals surface area contributed by atoms with Gasteiger partial charge < -0.3 is 20.0 Å². The summed E-state index contributed by atoms with van der Waals surface area (Å²) < 4.78 is 40.8. The normalized spacial score (nSPS) is 14.9. The van der Waals surface area contributed by atoms with E-state index in [2.05, 4.69) is 15.3 Å². The Morgan fingerprint density at radius 2 is 1.80 bits per heavy atom. The number of benzene rings is 1. The molecule has 1 atom stereocenters. The number of halogens is 4. The topological polar surface area (TPSA) is 81.9 Å². The molecule has 9 nitrogen and oxygen atoms in total. The maximum absolute atomic E-state index is 13.4. The molecular weight excluding hydrogens is 545 g/mol. The van der Waals surface area contributed by atoms with Crippen LogP contribution in [0.2, 0.25) is 5.02 Å². The van der Waals surface area contributed by atoms with Crippen LogP contribution in [-0.2, 0) is 11.0 Å². The number of rotatable bonds is 6. The number of pyridine rings is 1. The molecular formula is C27H28ClF3N8O. The van der Waals surface area contributed by atoms with Crippen LogP contribution in [0, 0.1) is 0 Å².